The van der Waals surface area contributed by atoms with Crippen LogP contribution in [-0.4, -0.2) is 75.9 Å². The van der Waals surface area contributed by atoms with Gasteiger partial charge in [-0.05, 0) is 91.8 Å². The first-order chi connectivity index (χ1) is 26.1. The number of hydrogen-bond acceptors (Lipinski definition) is 9. The van der Waals surface area contributed by atoms with Crippen molar-refractivity contribution in [3.8, 4) is 0 Å². The Morgan fingerprint density at radius 3 is 1.96 bits per heavy atom. The van der Waals surface area contributed by atoms with Crippen LogP contribution in [0.1, 0.15) is 91.6 Å². The maximum Gasteiger partial charge on any atom is 0.408 e. The van der Waals surface area contributed by atoms with Crippen molar-refractivity contribution in [1.82, 2.24) is 26.3 Å². The Labute approximate surface area is 330 Å². The number of aliphatic hydroxyl groups excluding tert-OH is 2. The van der Waals surface area contributed by atoms with E-state index in [1.807, 2.05) is 85.7 Å². The number of benzene rings is 2. The van der Waals surface area contributed by atoms with Gasteiger partial charge in [0.15, 0.2) is 0 Å². The number of amides is 4. The van der Waals surface area contributed by atoms with E-state index >= 15 is 0 Å². The fraction of sp³-hybridized carbons (Fsp3) is 0.548. The minimum absolute atomic E-state index is 0.00650. The maximum atomic E-state index is 14.3. The summed E-state index contributed by atoms with van der Waals surface area (Å²) in [5, 5.41) is 34.2. The molecule has 0 saturated heterocycles. The molecule has 302 valence electrons. The summed E-state index contributed by atoms with van der Waals surface area (Å²) in [7, 11) is 0. The van der Waals surface area contributed by atoms with Crippen molar-refractivity contribution in [3.05, 3.63) is 85.9 Å². The third-order valence-electron chi connectivity index (χ3n) is 10.7. The molecule has 0 fully saturated rings. The Morgan fingerprint density at radius 1 is 0.800 bits per heavy atom. The number of aliphatic hydroxyl groups is 2. The van der Waals surface area contributed by atoms with E-state index in [4.69, 9.17) is 4.74 Å². The number of aromatic nitrogens is 1. The zero-order valence-corrected chi connectivity index (χ0v) is 34.6. The molecule has 1 aromatic heterocycles. The Hall–Kier alpha value is -4.33. The molecule has 0 saturated carbocycles. The number of carbonyl (C=O) groups excluding carboxylic acids is 4. The second-order valence-electron chi connectivity index (χ2n) is 15.1. The van der Waals surface area contributed by atoms with Crippen LogP contribution in [0, 0.1) is 46.5 Å². The van der Waals surface area contributed by atoms with E-state index in [0.29, 0.717) is 12.1 Å². The van der Waals surface area contributed by atoms with E-state index in [9.17, 15) is 29.4 Å². The highest BCUT2D eigenvalue weighted by Gasteiger charge is 2.33. The molecule has 0 spiro atoms. The van der Waals surface area contributed by atoms with E-state index in [1.54, 1.807) is 10.9 Å². The monoisotopic (exact) mass is 779 g/mol. The molecule has 55 heavy (non-hydrogen) atoms. The van der Waals surface area contributed by atoms with Crippen molar-refractivity contribution in [3.63, 3.8) is 0 Å². The first-order valence-electron chi connectivity index (χ1n) is 19.1. The smallest absolute Gasteiger partial charge is 0.408 e. The fourth-order valence-electron chi connectivity index (χ4n) is 6.59. The molecule has 13 heteroatoms. The maximum absolute atomic E-state index is 14.3. The first kappa shape index (κ1) is 45.1. The predicted molar refractivity (Wildman–Crippen MR) is 216 cm³/mol. The van der Waals surface area contributed by atoms with Crippen molar-refractivity contribution in [2.24, 2.45) is 11.8 Å². The summed E-state index contributed by atoms with van der Waals surface area (Å²) in [4.78, 5) is 59.0. The van der Waals surface area contributed by atoms with Crippen LogP contribution in [0.15, 0.2) is 41.2 Å². The van der Waals surface area contributed by atoms with Crippen molar-refractivity contribution >= 4 is 35.2 Å². The summed E-state index contributed by atoms with van der Waals surface area (Å²) in [5.74, 6) is -1.53. The second kappa shape index (κ2) is 21.7. The highest BCUT2D eigenvalue weighted by atomic mass is 32.1. The largest absolute Gasteiger partial charge is 0.445 e. The normalized spacial score (nSPS) is 14.6. The number of ether oxygens (including phenoxy) is 1. The molecule has 0 aliphatic carbocycles. The molecular weight excluding hydrogens is 719 g/mol. The van der Waals surface area contributed by atoms with Crippen LogP contribution in [0.4, 0.5) is 4.79 Å². The Morgan fingerprint density at radius 2 is 1.40 bits per heavy atom. The van der Waals surface area contributed by atoms with Gasteiger partial charge < -0.3 is 36.2 Å². The second-order valence-corrected chi connectivity index (χ2v) is 15.8. The molecule has 3 rings (SSSR count). The lowest BCUT2D eigenvalue weighted by Gasteiger charge is -2.29. The SMILES string of the molecule is CCC(C)[C@@H](CO)NC(=O)CC(O)C(CC(C)C)NC(=O)[C@H](Cc1cscn1)NC(=O)[C@H](Cc1c(C)c(C)c(C)c(C)c1C)NC(=O)OCc1ccccc1. The van der Waals surface area contributed by atoms with Gasteiger partial charge in [-0.25, -0.2) is 9.78 Å². The lowest BCUT2D eigenvalue weighted by Crippen LogP contribution is -2.57. The van der Waals surface area contributed by atoms with Gasteiger partial charge in [0.1, 0.15) is 18.7 Å². The van der Waals surface area contributed by atoms with Gasteiger partial charge in [-0.2, -0.15) is 0 Å². The zero-order chi connectivity index (χ0) is 40.8. The molecule has 4 amide bonds. The number of rotatable bonds is 20. The summed E-state index contributed by atoms with van der Waals surface area (Å²) < 4.78 is 5.52. The van der Waals surface area contributed by atoms with Crippen LogP contribution in [-0.2, 0) is 38.6 Å². The van der Waals surface area contributed by atoms with Gasteiger partial charge in [0.05, 0.1) is 42.4 Å². The average Bonchev–Trinajstić information content (AvgIpc) is 3.68. The van der Waals surface area contributed by atoms with E-state index < -0.39 is 54.1 Å². The molecule has 3 aromatic rings. The first-order valence-corrected chi connectivity index (χ1v) is 20.1. The third kappa shape index (κ3) is 13.4. The number of carbonyl (C=O) groups is 4. The summed E-state index contributed by atoms with van der Waals surface area (Å²) in [6, 6.07) is 5.68. The molecule has 0 radical (unpaired) electrons. The van der Waals surface area contributed by atoms with Gasteiger partial charge >= 0.3 is 6.09 Å². The lowest BCUT2D eigenvalue weighted by molar-refractivity contribution is -0.131. The van der Waals surface area contributed by atoms with E-state index in [1.165, 1.54) is 11.3 Å². The molecule has 6 N–H and O–H groups in total. The highest BCUT2D eigenvalue weighted by molar-refractivity contribution is 7.07. The lowest BCUT2D eigenvalue weighted by atomic mass is 9.86. The molecule has 6 atom stereocenters. The van der Waals surface area contributed by atoms with Gasteiger partial charge in [-0.15, -0.1) is 11.3 Å². The van der Waals surface area contributed by atoms with Crippen molar-refractivity contribution in [2.45, 2.75) is 131 Å². The van der Waals surface area contributed by atoms with Crippen LogP contribution in [0.3, 0.4) is 0 Å². The predicted octanol–water partition coefficient (Wildman–Crippen LogP) is 5.06. The van der Waals surface area contributed by atoms with Crippen LogP contribution in [0.2, 0.25) is 0 Å². The minimum Gasteiger partial charge on any atom is -0.445 e. The summed E-state index contributed by atoms with van der Waals surface area (Å²) >= 11 is 1.35. The molecule has 0 aliphatic rings. The molecule has 0 bridgehead atoms. The number of hydrogen-bond donors (Lipinski definition) is 6. The Balaban J connectivity index is 1.90. The molecule has 3 unspecified atom stereocenters. The Bertz CT molecular complexity index is 1690. The van der Waals surface area contributed by atoms with Crippen molar-refractivity contribution in [1.29, 1.82) is 0 Å². The third-order valence-corrected chi connectivity index (χ3v) is 11.3. The average molecular weight is 780 g/mol. The van der Waals surface area contributed by atoms with Crippen LogP contribution in [0.25, 0.3) is 0 Å². The van der Waals surface area contributed by atoms with E-state index in [-0.39, 0.29) is 44.3 Å². The van der Waals surface area contributed by atoms with Crippen LogP contribution >= 0.6 is 11.3 Å². The molecule has 12 nitrogen and oxygen atoms in total. The molecule has 2 aromatic carbocycles. The van der Waals surface area contributed by atoms with Crippen LogP contribution in [0.5, 0.6) is 0 Å². The highest BCUT2D eigenvalue weighted by Crippen LogP contribution is 2.27. The minimum atomic E-state index is -1.24. The van der Waals surface area contributed by atoms with Gasteiger partial charge in [-0.1, -0.05) is 64.4 Å². The summed E-state index contributed by atoms with van der Waals surface area (Å²) in [5.41, 5.74) is 9.30. The van der Waals surface area contributed by atoms with Gasteiger partial charge in [0, 0.05) is 18.2 Å². The van der Waals surface area contributed by atoms with Gasteiger partial charge in [0.2, 0.25) is 17.7 Å². The summed E-state index contributed by atoms with van der Waals surface area (Å²) in [6.45, 7) is 17.7. The number of thiazole rings is 1. The standard InChI is InChI=1S/C42H61N5O7S/c1-10-25(4)37(20-48)44-39(50)19-38(49)34(16-24(2)3)45-40(51)35(17-32-22-55-23-43-32)46-41(52)36(47-42(53)54-21-31-14-12-11-13-15-31)18-33-29(8)27(6)26(5)28(7)30(33)9/h11-15,22-25,34-38,48-49H,10,16-21H2,1-9H3,(H,44,50)(H,45,51)(H,46,52)(H,47,53)/t25?,34?,35-,36-,37+,38?/m0/s1. The molecule has 0 aliphatic heterocycles. The molecule has 1 heterocycles. The Kier molecular flexibility index (Phi) is 17.8. The quantitative estimate of drug-likeness (QED) is 0.0922. The molecular formula is C42H61N5O7S. The van der Waals surface area contributed by atoms with Crippen molar-refractivity contribution < 1.29 is 34.1 Å². The fourth-order valence-corrected chi connectivity index (χ4v) is 7.16. The summed E-state index contributed by atoms with van der Waals surface area (Å²) in [6.07, 6.45) is -1.02. The number of alkyl carbamates (subject to hydrolysis) is 1. The zero-order valence-electron chi connectivity index (χ0n) is 33.8. The van der Waals surface area contributed by atoms with E-state index in [2.05, 4.69) is 33.2 Å². The van der Waals surface area contributed by atoms with Gasteiger partial charge in [-0.3, -0.25) is 14.4 Å². The van der Waals surface area contributed by atoms with E-state index in [0.717, 1.165) is 45.4 Å². The topological polar surface area (TPSA) is 179 Å². The van der Waals surface area contributed by atoms with Gasteiger partial charge in [0.25, 0.3) is 0 Å². The number of nitrogens with one attached hydrogen (secondary N) is 4. The van der Waals surface area contributed by atoms with Crippen LogP contribution < -0.4 is 21.3 Å². The van der Waals surface area contributed by atoms with Crippen molar-refractivity contribution in [2.75, 3.05) is 6.61 Å². The number of nitrogens with zero attached hydrogens (tertiary/aromatic N) is 1.